The molecule has 1 amide bonds. The fourth-order valence-corrected chi connectivity index (χ4v) is 2.18. The van der Waals surface area contributed by atoms with E-state index in [9.17, 15) is 4.79 Å². The van der Waals surface area contributed by atoms with E-state index in [0.717, 1.165) is 11.4 Å². The molecule has 0 saturated heterocycles. The predicted octanol–water partition coefficient (Wildman–Crippen LogP) is 4.64. The van der Waals surface area contributed by atoms with Gasteiger partial charge in [-0.1, -0.05) is 0 Å². The fourth-order valence-electron chi connectivity index (χ4n) is 2.18. The monoisotopic (exact) mass is 319 g/mol. The van der Waals surface area contributed by atoms with Crippen LogP contribution in [0.4, 0.5) is 11.4 Å². The van der Waals surface area contributed by atoms with Crippen LogP contribution < -0.4 is 16.0 Å². The van der Waals surface area contributed by atoms with Gasteiger partial charge in [-0.15, -0.1) is 0 Å². The molecule has 0 saturated carbocycles. The molecule has 0 fully saturated rings. The van der Waals surface area contributed by atoms with Gasteiger partial charge in [0.15, 0.2) is 0 Å². The molecule has 130 valence electrons. The molecule has 0 aliphatic rings. The van der Waals surface area contributed by atoms with E-state index in [0.29, 0.717) is 5.56 Å². The Kier molecular flexibility index (Phi) is 5.40. The Hall–Kier alpha value is -1.71. The maximum atomic E-state index is 12.5. The maximum Gasteiger partial charge on any atom is 0.251 e. The first-order chi connectivity index (χ1) is 10.1. The molecule has 0 aromatic heterocycles. The molecule has 0 bridgehead atoms. The highest BCUT2D eigenvalue weighted by Gasteiger charge is 2.19. The molecular formula is C19H33N3O. The molecule has 0 spiro atoms. The van der Waals surface area contributed by atoms with Crippen molar-refractivity contribution < 1.29 is 4.79 Å². The summed E-state index contributed by atoms with van der Waals surface area (Å²) in [5.41, 5.74) is 2.12. The molecule has 4 nitrogen and oxygen atoms in total. The quantitative estimate of drug-likeness (QED) is 0.761. The standard InChI is InChI=1S/C19H33N3O/c1-17(2,3)20-14-10-13(16(23)22-19(7,8)9)11-15(12-14)21-18(4,5)6/h10-12,20-21H,1-9H3,(H,22,23). The first kappa shape index (κ1) is 19.3. The van der Waals surface area contributed by atoms with Gasteiger partial charge in [-0.2, -0.15) is 0 Å². The number of carbonyl (C=O) groups is 1. The normalized spacial score (nSPS) is 12.7. The van der Waals surface area contributed by atoms with Crippen LogP contribution in [0.25, 0.3) is 0 Å². The Labute approximate surface area is 141 Å². The fraction of sp³-hybridized carbons (Fsp3) is 0.632. The van der Waals surface area contributed by atoms with Crippen LogP contribution in [0.1, 0.15) is 72.7 Å². The van der Waals surface area contributed by atoms with Gasteiger partial charge in [-0.25, -0.2) is 0 Å². The summed E-state index contributed by atoms with van der Waals surface area (Å²) in [4.78, 5) is 12.5. The zero-order valence-electron chi connectivity index (χ0n) is 16.1. The van der Waals surface area contributed by atoms with Crippen molar-refractivity contribution in [1.82, 2.24) is 5.32 Å². The highest BCUT2D eigenvalue weighted by atomic mass is 16.1. The van der Waals surface area contributed by atoms with Crippen molar-refractivity contribution in [3.05, 3.63) is 23.8 Å². The lowest BCUT2D eigenvalue weighted by atomic mass is 10.0. The van der Waals surface area contributed by atoms with Crippen molar-refractivity contribution in [3.8, 4) is 0 Å². The third-order valence-corrected chi connectivity index (χ3v) is 2.72. The first-order valence-electron chi connectivity index (χ1n) is 8.19. The number of hydrogen-bond acceptors (Lipinski definition) is 3. The number of amides is 1. The largest absolute Gasteiger partial charge is 0.380 e. The number of nitrogens with one attached hydrogen (secondary N) is 3. The van der Waals surface area contributed by atoms with Gasteiger partial charge in [0.25, 0.3) is 5.91 Å². The summed E-state index contributed by atoms with van der Waals surface area (Å²) in [6.45, 7) is 18.6. The summed E-state index contributed by atoms with van der Waals surface area (Å²) in [7, 11) is 0. The molecule has 1 aromatic rings. The van der Waals surface area contributed by atoms with Gasteiger partial charge in [-0.05, 0) is 80.5 Å². The third-order valence-electron chi connectivity index (χ3n) is 2.72. The lowest BCUT2D eigenvalue weighted by Gasteiger charge is -2.27. The number of rotatable bonds is 3. The van der Waals surface area contributed by atoms with Crippen molar-refractivity contribution in [3.63, 3.8) is 0 Å². The second-order valence-electron chi connectivity index (χ2n) is 9.25. The van der Waals surface area contributed by atoms with Gasteiger partial charge >= 0.3 is 0 Å². The smallest absolute Gasteiger partial charge is 0.251 e. The van der Waals surface area contributed by atoms with Crippen LogP contribution in [0.2, 0.25) is 0 Å². The minimum atomic E-state index is -0.262. The average molecular weight is 319 g/mol. The topological polar surface area (TPSA) is 53.2 Å². The van der Waals surface area contributed by atoms with E-state index in [1.807, 2.05) is 39.0 Å². The molecule has 4 heteroatoms. The summed E-state index contributed by atoms with van der Waals surface area (Å²) in [5.74, 6) is -0.0629. The van der Waals surface area contributed by atoms with E-state index in [1.54, 1.807) is 0 Å². The van der Waals surface area contributed by atoms with Crippen molar-refractivity contribution in [2.24, 2.45) is 0 Å². The van der Waals surface area contributed by atoms with Gasteiger partial charge in [0.05, 0.1) is 0 Å². The molecule has 0 radical (unpaired) electrons. The van der Waals surface area contributed by atoms with Crippen molar-refractivity contribution >= 4 is 17.3 Å². The van der Waals surface area contributed by atoms with E-state index >= 15 is 0 Å². The summed E-state index contributed by atoms with van der Waals surface area (Å²) in [6.07, 6.45) is 0. The van der Waals surface area contributed by atoms with E-state index in [-0.39, 0.29) is 22.5 Å². The average Bonchev–Trinajstić information content (AvgIpc) is 2.20. The summed E-state index contributed by atoms with van der Waals surface area (Å²) >= 11 is 0. The van der Waals surface area contributed by atoms with Crippen LogP contribution in [0.3, 0.4) is 0 Å². The summed E-state index contributed by atoms with van der Waals surface area (Å²) in [5, 5.41) is 9.91. The van der Waals surface area contributed by atoms with Crippen molar-refractivity contribution in [2.45, 2.75) is 78.9 Å². The molecule has 1 rings (SSSR count). The van der Waals surface area contributed by atoms with Crippen LogP contribution in [0.5, 0.6) is 0 Å². The molecule has 0 atom stereocenters. The minimum absolute atomic E-state index is 0.0629. The molecule has 1 aromatic carbocycles. The second-order valence-corrected chi connectivity index (χ2v) is 9.25. The molecule has 0 aliphatic carbocycles. The van der Waals surface area contributed by atoms with E-state index in [1.165, 1.54) is 0 Å². The van der Waals surface area contributed by atoms with Crippen LogP contribution in [0, 0.1) is 0 Å². The zero-order valence-corrected chi connectivity index (χ0v) is 16.1. The number of carbonyl (C=O) groups excluding carboxylic acids is 1. The molecule has 3 N–H and O–H groups in total. The highest BCUT2D eigenvalue weighted by molar-refractivity contribution is 5.96. The minimum Gasteiger partial charge on any atom is -0.380 e. The number of benzene rings is 1. The Morgan fingerprint density at radius 1 is 0.696 bits per heavy atom. The third kappa shape index (κ3) is 7.91. The van der Waals surface area contributed by atoms with E-state index in [2.05, 4.69) is 57.5 Å². The lowest BCUT2D eigenvalue weighted by molar-refractivity contribution is 0.0919. The lowest BCUT2D eigenvalue weighted by Crippen LogP contribution is -2.40. The van der Waals surface area contributed by atoms with Crippen LogP contribution in [0.15, 0.2) is 18.2 Å². The summed E-state index contributed by atoms with van der Waals surface area (Å²) < 4.78 is 0. The van der Waals surface area contributed by atoms with Crippen molar-refractivity contribution in [1.29, 1.82) is 0 Å². The summed E-state index contributed by atoms with van der Waals surface area (Å²) in [6, 6.07) is 5.85. The Morgan fingerprint density at radius 3 is 1.39 bits per heavy atom. The molecule has 0 aliphatic heterocycles. The molecular weight excluding hydrogens is 286 g/mol. The zero-order chi connectivity index (χ0) is 18.1. The van der Waals surface area contributed by atoms with Crippen LogP contribution >= 0.6 is 0 Å². The van der Waals surface area contributed by atoms with Gasteiger partial charge in [0.2, 0.25) is 0 Å². The molecule has 0 unspecified atom stereocenters. The highest BCUT2D eigenvalue weighted by Crippen LogP contribution is 2.25. The Morgan fingerprint density at radius 2 is 1.09 bits per heavy atom. The van der Waals surface area contributed by atoms with Crippen LogP contribution in [-0.4, -0.2) is 22.5 Å². The Bertz CT molecular complexity index is 523. The first-order valence-corrected chi connectivity index (χ1v) is 8.19. The molecule has 0 heterocycles. The number of anilines is 2. The van der Waals surface area contributed by atoms with Gasteiger partial charge in [0, 0.05) is 33.6 Å². The second kappa shape index (κ2) is 6.42. The van der Waals surface area contributed by atoms with Gasteiger partial charge in [0.1, 0.15) is 0 Å². The number of hydrogen-bond donors (Lipinski definition) is 3. The van der Waals surface area contributed by atoms with Gasteiger partial charge < -0.3 is 16.0 Å². The maximum absolute atomic E-state index is 12.5. The van der Waals surface area contributed by atoms with Crippen molar-refractivity contribution in [2.75, 3.05) is 10.6 Å². The van der Waals surface area contributed by atoms with E-state index < -0.39 is 0 Å². The van der Waals surface area contributed by atoms with E-state index in [4.69, 9.17) is 0 Å². The Balaban J connectivity index is 3.20. The SMILES string of the molecule is CC(C)(C)NC(=O)c1cc(NC(C)(C)C)cc(NC(C)(C)C)c1. The predicted molar refractivity (Wildman–Crippen MR) is 100 cm³/mol. The van der Waals surface area contributed by atoms with Crippen LogP contribution in [-0.2, 0) is 0 Å². The molecule has 23 heavy (non-hydrogen) atoms. The van der Waals surface area contributed by atoms with Gasteiger partial charge in [-0.3, -0.25) is 4.79 Å².